The average molecular weight is 327 g/mol. The van der Waals surface area contributed by atoms with Crippen LogP contribution in [0.3, 0.4) is 0 Å². The molecule has 0 radical (unpaired) electrons. The number of rotatable bonds is 8. The minimum Gasteiger partial charge on any atom is -0.389 e. The molecule has 0 spiro atoms. The van der Waals surface area contributed by atoms with Crippen LogP contribution in [-0.4, -0.2) is 34.9 Å². The second-order valence-corrected chi connectivity index (χ2v) is 7.22. The Balaban J connectivity index is 1.99. The molecule has 24 heavy (non-hydrogen) atoms. The smallest absolute Gasteiger partial charge is 0.0900 e. The van der Waals surface area contributed by atoms with E-state index in [2.05, 4.69) is 53.4 Å². The van der Waals surface area contributed by atoms with Gasteiger partial charge in [-0.1, -0.05) is 60.7 Å². The Morgan fingerprint density at radius 1 is 0.875 bits per heavy atom. The summed E-state index contributed by atoms with van der Waals surface area (Å²) >= 11 is 0. The largest absolute Gasteiger partial charge is 0.389 e. The second-order valence-electron chi connectivity index (χ2n) is 7.22. The van der Waals surface area contributed by atoms with Crippen LogP contribution < -0.4 is 0 Å². The molecule has 0 aliphatic carbocycles. The van der Waals surface area contributed by atoms with Gasteiger partial charge in [-0.2, -0.15) is 0 Å². The van der Waals surface area contributed by atoms with E-state index in [1.54, 1.807) is 0 Å². The Labute approximate surface area is 145 Å². The number of aliphatic hydroxyl groups excluding tert-OH is 1. The summed E-state index contributed by atoms with van der Waals surface area (Å²) in [6, 6.07) is 20.7. The Hall–Kier alpha value is -1.68. The summed E-state index contributed by atoms with van der Waals surface area (Å²) < 4.78 is 5.72. The van der Waals surface area contributed by atoms with Crippen LogP contribution in [-0.2, 0) is 17.8 Å². The van der Waals surface area contributed by atoms with Crippen LogP contribution in [0.4, 0.5) is 0 Å². The van der Waals surface area contributed by atoms with Crippen molar-refractivity contribution in [2.45, 2.75) is 45.6 Å². The monoisotopic (exact) mass is 327 g/mol. The predicted octanol–water partition coefficient (Wildman–Crippen LogP) is 3.86. The van der Waals surface area contributed by atoms with E-state index in [9.17, 15) is 5.11 Å². The van der Waals surface area contributed by atoms with E-state index in [0.29, 0.717) is 13.2 Å². The Morgan fingerprint density at radius 2 is 1.33 bits per heavy atom. The van der Waals surface area contributed by atoms with Crippen molar-refractivity contribution >= 4 is 0 Å². The van der Waals surface area contributed by atoms with Crippen LogP contribution in [0.5, 0.6) is 0 Å². The Kier molecular flexibility index (Phi) is 6.98. The lowest BCUT2D eigenvalue weighted by Crippen LogP contribution is -2.36. The number of ether oxygens (including phenoxy) is 1. The first-order valence-corrected chi connectivity index (χ1v) is 8.54. The minimum atomic E-state index is -0.503. The van der Waals surface area contributed by atoms with E-state index in [4.69, 9.17) is 4.74 Å². The molecule has 3 heteroatoms. The topological polar surface area (TPSA) is 32.7 Å². The molecule has 0 aliphatic heterocycles. The standard InChI is InChI=1S/C21H29NO2/c1-21(2,3)24-17-20(23)16-22(14-18-10-6-4-7-11-18)15-19-12-8-5-9-13-19/h4-13,20,23H,14-17H2,1-3H3/t20-/m1/s1. The van der Waals surface area contributed by atoms with Crippen LogP contribution in [0.25, 0.3) is 0 Å². The van der Waals surface area contributed by atoms with E-state index in [1.807, 2.05) is 32.9 Å². The molecule has 0 unspecified atom stereocenters. The first kappa shape index (κ1) is 18.7. The summed E-state index contributed by atoms with van der Waals surface area (Å²) in [4.78, 5) is 2.27. The molecule has 0 fully saturated rings. The van der Waals surface area contributed by atoms with Gasteiger partial charge in [0.15, 0.2) is 0 Å². The van der Waals surface area contributed by atoms with Crippen molar-refractivity contribution in [1.82, 2.24) is 4.90 Å². The molecule has 0 heterocycles. The summed E-state index contributed by atoms with van der Waals surface area (Å²) in [6.45, 7) is 8.57. The molecule has 0 aliphatic rings. The summed E-state index contributed by atoms with van der Waals surface area (Å²) in [5, 5.41) is 10.4. The van der Waals surface area contributed by atoms with Crippen molar-refractivity contribution in [2.75, 3.05) is 13.2 Å². The summed E-state index contributed by atoms with van der Waals surface area (Å²) in [6.07, 6.45) is -0.503. The molecule has 0 aromatic heterocycles. The average Bonchev–Trinajstić information content (AvgIpc) is 2.54. The highest BCUT2D eigenvalue weighted by molar-refractivity contribution is 5.17. The molecule has 2 aromatic carbocycles. The number of benzene rings is 2. The summed E-state index contributed by atoms with van der Waals surface area (Å²) in [5.74, 6) is 0. The van der Waals surface area contributed by atoms with Crippen LogP contribution in [0.15, 0.2) is 60.7 Å². The van der Waals surface area contributed by atoms with Crippen molar-refractivity contribution < 1.29 is 9.84 Å². The zero-order chi connectivity index (χ0) is 17.4. The van der Waals surface area contributed by atoms with E-state index >= 15 is 0 Å². The number of aliphatic hydroxyl groups is 1. The lowest BCUT2D eigenvalue weighted by molar-refractivity contribution is -0.0572. The van der Waals surface area contributed by atoms with Gasteiger partial charge in [0, 0.05) is 19.6 Å². The number of hydrogen-bond donors (Lipinski definition) is 1. The van der Waals surface area contributed by atoms with Crippen LogP contribution in [0, 0.1) is 0 Å². The van der Waals surface area contributed by atoms with Gasteiger partial charge in [0.2, 0.25) is 0 Å². The van der Waals surface area contributed by atoms with Gasteiger partial charge in [0.05, 0.1) is 18.3 Å². The van der Waals surface area contributed by atoms with Crippen LogP contribution in [0.2, 0.25) is 0 Å². The maximum Gasteiger partial charge on any atom is 0.0900 e. The van der Waals surface area contributed by atoms with Crippen molar-refractivity contribution in [1.29, 1.82) is 0 Å². The van der Waals surface area contributed by atoms with Gasteiger partial charge in [0.1, 0.15) is 0 Å². The molecule has 3 nitrogen and oxygen atoms in total. The third kappa shape index (κ3) is 7.26. The molecule has 2 rings (SSSR count). The van der Waals surface area contributed by atoms with E-state index < -0.39 is 6.10 Å². The molecular weight excluding hydrogens is 298 g/mol. The fourth-order valence-electron chi connectivity index (χ4n) is 2.57. The number of hydrogen-bond acceptors (Lipinski definition) is 3. The van der Waals surface area contributed by atoms with E-state index in [-0.39, 0.29) is 5.60 Å². The van der Waals surface area contributed by atoms with Gasteiger partial charge < -0.3 is 9.84 Å². The molecule has 0 saturated heterocycles. The van der Waals surface area contributed by atoms with Gasteiger partial charge >= 0.3 is 0 Å². The molecule has 1 atom stereocenters. The molecule has 0 amide bonds. The van der Waals surface area contributed by atoms with Gasteiger partial charge in [-0.15, -0.1) is 0 Å². The van der Waals surface area contributed by atoms with Gasteiger partial charge in [-0.05, 0) is 31.9 Å². The van der Waals surface area contributed by atoms with Crippen LogP contribution >= 0.6 is 0 Å². The highest BCUT2D eigenvalue weighted by Crippen LogP contribution is 2.12. The van der Waals surface area contributed by atoms with Crippen molar-refractivity contribution in [3.8, 4) is 0 Å². The highest BCUT2D eigenvalue weighted by Gasteiger charge is 2.17. The van der Waals surface area contributed by atoms with Gasteiger partial charge in [-0.25, -0.2) is 0 Å². The fourth-order valence-corrected chi connectivity index (χ4v) is 2.57. The third-order valence-electron chi connectivity index (χ3n) is 3.68. The zero-order valence-electron chi connectivity index (χ0n) is 15.0. The maximum atomic E-state index is 10.4. The van der Waals surface area contributed by atoms with Gasteiger partial charge in [-0.3, -0.25) is 4.90 Å². The Morgan fingerprint density at radius 3 is 1.75 bits per heavy atom. The third-order valence-corrected chi connectivity index (χ3v) is 3.68. The molecule has 0 bridgehead atoms. The maximum absolute atomic E-state index is 10.4. The summed E-state index contributed by atoms with van der Waals surface area (Å²) in [5.41, 5.74) is 2.26. The van der Waals surface area contributed by atoms with Crippen molar-refractivity contribution in [3.05, 3.63) is 71.8 Å². The predicted molar refractivity (Wildman–Crippen MR) is 98.7 cm³/mol. The molecule has 0 saturated carbocycles. The van der Waals surface area contributed by atoms with Crippen molar-refractivity contribution in [2.24, 2.45) is 0 Å². The van der Waals surface area contributed by atoms with E-state index in [1.165, 1.54) is 11.1 Å². The summed E-state index contributed by atoms with van der Waals surface area (Å²) in [7, 11) is 0. The molecule has 1 N–H and O–H groups in total. The first-order valence-electron chi connectivity index (χ1n) is 8.54. The lowest BCUT2D eigenvalue weighted by Gasteiger charge is -2.27. The first-order chi connectivity index (χ1) is 11.4. The fraction of sp³-hybridized carbons (Fsp3) is 0.429. The minimum absolute atomic E-state index is 0.231. The molecular formula is C21H29NO2. The highest BCUT2D eigenvalue weighted by atomic mass is 16.5. The molecule has 130 valence electrons. The normalized spacial score (nSPS) is 13.2. The zero-order valence-corrected chi connectivity index (χ0v) is 15.0. The Bertz CT molecular complexity index is 536. The van der Waals surface area contributed by atoms with Gasteiger partial charge in [0.25, 0.3) is 0 Å². The quantitative estimate of drug-likeness (QED) is 0.799. The lowest BCUT2D eigenvalue weighted by atomic mass is 10.1. The van der Waals surface area contributed by atoms with Crippen molar-refractivity contribution in [3.63, 3.8) is 0 Å². The molecule has 2 aromatic rings. The number of nitrogens with zero attached hydrogens (tertiary/aromatic N) is 1. The van der Waals surface area contributed by atoms with E-state index in [0.717, 1.165) is 13.1 Å². The second kappa shape index (κ2) is 8.97. The SMILES string of the molecule is CC(C)(C)OC[C@H](O)CN(Cc1ccccc1)Cc1ccccc1. The van der Waals surface area contributed by atoms with Crippen LogP contribution in [0.1, 0.15) is 31.9 Å².